The molecule has 0 N–H and O–H groups in total. The Kier molecular flexibility index (Phi) is 7.93. The summed E-state index contributed by atoms with van der Waals surface area (Å²) in [6.45, 7) is 13.3. The standard InChI is InChI=1S/C44H44Cl2N3/c1-6-47-36-24-22-31(45)28-34(36)43(3,4)38(47)26-20-29-18-19-30(42(29)49(32-14-10-8-11-15-32)33-16-12-9-13-17-33)21-27-39-44(5)40-35(46)23-25-37(41(40)44)48(39)7-2/h8-16,20-28,33H,6-7,17-19H2,1-5H3/q+1. The van der Waals surface area contributed by atoms with Gasteiger partial charge in [-0.1, -0.05) is 85.6 Å². The van der Waals surface area contributed by atoms with Crippen LogP contribution in [0, 0.1) is 0 Å². The summed E-state index contributed by atoms with van der Waals surface area (Å²) in [5.41, 5.74) is 14.2. The molecule has 49 heavy (non-hydrogen) atoms. The van der Waals surface area contributed by atoms with E-state index in [9.17, 15) is 0 Å². The monoisotopic (exact) mass is 684 g/mol. The zero-order valence-electron chi connectivity index (χ0n) is 29.1. The van der Waals surface area contributed by atoms with E-state index >= 15 is 0 Å². The molecular formula is C44H44Cl2N3+. The molecule has 1 fully saturated rings. The molecule has 248 valence electrons. The zero-order valence-corrected chi connectivity index (χ0v) is 30.6. The van der Waals surface area contributed by atoms with Crippen LogP contribution in [0.25, 0.3) is 0 Å². The second-order valence-corrected chi connectivity index (χ2v) is 15.2. The van der Waals surface area contributed by atoms with Gasteiger partial charge in [-0.05, 0) is 98.9 Å². The van der Waals surface area contributed by atoms with Gasteiger partial charge >= 0.3 is 0 Å². The Labute approximate surface area is 301 Å². The largest absolute Gasteiger partial charge is 0.344 e. The van der Waals surface area contributed by atoms with Crippen molar-refractivity contribution in [2.45, 2.75) is 70.8 Å². The molecule has 3 aliphatic carbocycles. The van der Waals surface area contributed by atoms with Crippen molar-refractivity contribution in [3.05, 3.63) is 159 Å². The van der Waals surface area contributed by atoms with E-state index in [0.717, 1.165) is 42.4 Å². The van der Waals surface area contributed by atoms with Crippen molar-refractivity contribution in [2.75, 3.05) is 22.9 Å². The molecule has 0 radical (unpaired) electrons. The van der Waals surface area contributed by atoms with Gasteiger partial charge in [-0.15, -0.1) is 0 Å². The predicted octanol–water partition coefficient (Wildman–Crippen LogP) is 11.4. The number of likely N-dealkylation sites (N-methyl/N-ethyl adjacent to an activating group) is 2. The fourth-order valence-electron chi connectivity index (χ4n) is 8.94. The molecule has 0 bridgehead atoms. The molecule has 0 spiro atoms. The van der Waals surface area contributed by atoms with Crippen molar-refractivity contribution in [3.63, 3.8) is 0 Å². The topological polar surface area (TPSA) is 9.49 Å². The van der Waals surface area contributed by atoms with Gasteiger partial charge in [-0.25, -0.2) is 0 Å². The van der Waals surface area contributed by atoms with Crippen LogP contribution in [0.2, 0.25) is 10.0 Å². The van der Waals surface area contributed by atoms with Crippen LogP contribution in [0.5, 0.6) is 0 Å². The van der Waals surface area contributed by atoms with E-state index in [1.54, 1.807) is 0 Å². The Bertz CT molecular complexity index is 2090. The summed E-state index contributed by atoms with van der Waals surface area (Å²) in [7, 11) is 0. The smallest absolute Gasteiger partial charge is 0.212 e. The lowest BCUT2D eigenvalue weighted by Crippen LogP contribution is -2.28. The van der Waals surface area contributed by atoms with E-state index in [-0.39, 0.29) is 16.9 Å². The van der Waals surface area contributed by atoms with Crippen molar-refractivity contribution < 1.29 is 4.58 Å². The third kappa shape index (κ3) is 4.95. The molecular weight excluding hydrogens is 641 g/mol. The number of rotatable bonds is 6. The molecule has 0 saturated heterocycles. The van der Waals surface area contributed by atoms with Gasteiger partial charge in [0.1, 0.15) is 0 Å². The Morgan fingerprint density at radius 2 is 1.45 bits per heavy atom. The number of benzene rings is 3. The van der Waals surface area contributed by atoms with E-state index in [2.05, 4.69) is 152 Å². The molecule has 5 heteroatoms. The average molecular weight is 686 g/mol. The molecule has 0 aromatic heterocycles. The van der Waals surface area contributed by atoms with Crippen LogP contribution in [0.1, 0.15) is 70.6 Å². The van der Waals surface area contributed by atoms with Crippen LogP contribution in [0.4, 0.5) is 17.1 Å². The van der Waals surface area contributed by atoms with Gasteiger partial charge in [0.2, 0.25) is 11.4 Å². The summed E-state index contributed by atoms with van der Waals surface area (Å²) in [5.74, 6) is 0. The first-order valence-corrected chi connectivity index (χ1v) is 18.5. The summed E-state index contributed by atoms with van der Waals surface area (Å²) < 4.78 is 2.59. The first kappa shape index (κ1) is 32.2. The molecule has 2 unspecified atom stereocenters. The first-order chi connectivity index (χ1) is 23.7. The molecule has 0 amide bonds. The molecule has 3 aromatic carbocycles. The third-order valence-electron chi connectivity index (χ3n) is 11.4. The number of allylic oxidation sites excluding steroid dienone is 10. The number of para-hydroxylation sites is 1. The quantitative estimate of drug-likeness (QED) is 0.239. The summed E-state index contributed by atoms with van der Waals surface area (Å²) >= 11 is 13.3. The highest BCUT2D eigenvalue weighted by molar-refractivity contribution is 6.33. The third-order valence-corrected chi connectivity index (χ3v) is 11.9. The first-order valence-electron chi connectivity index (χ1n) is 17.8. The molecule has 2 atom stereocenters. The maximum absolute atomic E-state index is 6.73. The molecule has 1 saturated carbocycles. The fourth-order valence-corrected chi connectivity index (χ4v) is 9.46. The predicted molar refractivity (Wildman–Crippen MR) is 208 cm³/mol. The van der Waals surface area contributed by atoms with E-state index in [4.69, 9.17) is 23.2 Å². The lowest BCUT2D eigenvalue weighted by Gasteiger charge is -2.26. The Balaban J connectivity index is 1.29. The Hall–Kier alpha value is -4.05. The maximum atomic E-state index is 6.73. The van der Waals surface area contributed by atoms with Crippen molar-refractivity contribution in [3.8, 4) is 0 Å². The summed E-state index contributed by atoms with van der Waals surface area (Å²) in [5, 5.41) is 1.67. The van der Waals surface area contributed by atoms with Gasteiger partial charge in [-0.3, -0.25) is 0 Å². The second kappa shape index (κ2) is 12.1. The van der Waals surface area contributed by atoms with Gasteiger partial charge < -0.3 is 9.80 Å². The molecule has 8 rings (SSSR count). The summed E-state index contributed by atoms with van der Waals surface area (Å²) in [6, 6.07) is 21.7. The minimum atomic E-state index is -0.161. The maximum Gasteiger partial charge on any atom is 0.212 e. The highest BCUT2D eigenvalue weighted by Crippen LogP contribution is 2.67. The summed E-state index contributed by atoms with van der Waals surface area (Å²) in [4.78, 5) is 4.93. The number of nitrogens with zero attached hydrogens (tertiary/aromatic N) is 3. The second-order valence-electron chi connectivity index (χ2n) is 14.4. The highest BCUT2D eigenvalue weighted by atomic mass is 35.5. The summed E-state index contributed by atoms with van der Waals surface area (Å²) in [6.07, 6.45) is 21.5. The van der Waals surface area contributed by atoms with Crippen LogP contribution >= 0.6 is 23.2 Å². The molecule has 2 aliphatic heterocycles. The Morgan fingerprint density at radius 1 is 0.776 bits per heavy atom. The van der Waals surface area contributed by atoms with Crippen molar-refractivity contribution in [1.82, 2.24) is 0 Å². The molecule has 5 aliphatic rings. The average Bonchev–Trinajstić information content (AvgIpc) is 3.32. The van der Waals surface area contributed by atoms with Crippen LogP contribution in [-0.2, 0) is 10.8 Å². The fraction of sp³-hybridized carbons (Fsp3) is 0.295. The van der Waals surface area contributed by atoms with E-state index < -0.39 is 0 Å². The van der Waals surface area contributed by atoms with Crippen LogP contribution in [0.3, 0.4) is 0 Å². The van der Waals surface area contributed by atoms with E-state index in [0.29, 0.717) is 0 Å². The van der Waals surface area contributed by atoms with Crippen LogP contribution in [0.15, 0.2) is 132 Å². The molecule has 3 aromatic rings. The van der Waals surface area contributed by atoms with Gasteiger partial charge in [0.05, 0.1) is 5.41 Å². The number of halogens is 2. The normalized spacial score (nSPS) is 27.2. The Morgan fingerprint density at radius 3 is 2.12 bits per heavy atom. The molecule has 3 nitrogen and oxygen atoms in total. The van der Waals surface area contributed by atoms with Gasteiger partial charge in [0.15, 0.2) is 6.04 Å². The zero-order chi connectivity index (χ0) is 34.1. The minimum absolute atomic E-state index is 0.101. The van der Waals surface area contributed by atoms with E-state index in [1.807, 2.05) is 6.07 Å². The van der Waals surface area contributed by atoms with Gasteiger partial charge in [0.25, 0.3) is 0 Å². The van der Waals surface area contributed by atoms with Crippen molar-refractivity contribution >= 4 is 46.0 Å². The van der Waals surface area contributed by atoms with Crippen molar-refractivity contribution in [1.29, 1.82) is 0 Å². The number of anilines is 2. The molecule has 2 heterocycles. The number of fused-ring (bicyclic) bond motifs is 2. The highest BCUT2D eigenvalue weighted by Gasteiger charge is 2.59. The van der Waals surface area contributed by atoms with Crippen molar-refractivity contribution in [2.24, 2.45) is 0 Å². The lowest BCUT2D eigenvalue weighted by atomic mass is 9.83. The van der Waals surface area contributed by atoms with Crippen LogP contribution < -0.4 is 9.80 Å². The minimum Gasteiger partial charge on any atom is -0.344 e. The van der Waals surface area contributed by atoms with Gasteiger partial charge in [-0.2, -0.15) is 4.58 Å². The number of hydrogen-bond acceptors (Lipinski definition) is 2. The SMILES string of the molecule is CCN1C(=CC=C2CC/C(=C\C=C3\N(CC)c4ccc(Cl)cc4C3(C)C)C2=[N+](c2ccccc2)C2C=CC=CC2)C2(C)c3c(Cl)ccc1c32. The van der Waals surface area contributed by atoms with Gasteiger partial charge in [0, 0.05) is 81.0 Å². The number of hydrogen-bond donors (Lipinski definition) is 0. The van der Waals surface area contributed by atoms with E-state index in [1.165, 1.54) is 62.0 Å². The van der Waals surface area contributed by atoms with Crippen LogP contribution in [-0.4, -0.2) is 29.4 Å². The lowest BCUT2D eigenvalue weighted by molar-refractivity contribution is -0.469.